The lowest BCUT2D eigenvalue weighted by Crippen LogP contribution is -2.35. The average Bonchev–Trinajstić information content (AvgIpc) is 2.75. The molecule has 0 aliphatic rings. The largest absolute Gasteiger partial charge is 0.573 e. The van der Waals surface area contributed by atoms with Crippen molar-refractivity contribution in [3.63, 3.8) is 0 Å². The first-order chi connectivity index (χ1) is 16.1. The van der Waals surface area contributed by atoms with E-state index in [0.717, 1.165) is 18.6 Å². The molecule has 0 spiro atoms. The number of phenolic OH excluding ortho intramolecular Hbond substituents is 1. The standard InChI is InChI=1S/C18H25F3O5.C7H6O2/c1-6-7-8-14(16(23)26-17(3,4)5)24-13-10-9-12(11(2)15(13)22)25-18(19,20)21;8-7(9)6-4-2-1-3-5-6/h9-10,14,22H,6-8H2,1-5H3;1-5H,(H,8,9). The van der Waals surface area contributed by atoms with Gasteiger partial charge in [0.05, 0.1) is 5.56 Å². The zero-order chi connectivity index (χ0) is 26.8. The predicted octanol–water partition coefficient (Wildman–Crippen LogP) is 6.26. The number of unbranched alkanes of at least 4 members (excludes halogenated alkanes) is 1. The highest BCUT2D eigenvalue weighted by molar-refractivity contribution is 5.87. The van der Waals surface area contributed by atoms with Crippen molar-refractivity contribution in [2.75, 3.05) is 0 Å². The number of halogens is 3. The Morgan fingerprint density at radius 1 is 1.00 bits per heavy atom. The molecule has 0 bridgehead atoms. The summed E-state index contributed by atoms with van der Waals surface area (Å²) in [4.78, 5) is 22.5. The Hall–Kier alpha value is -3.43. The van der Waals surface area contributed by atoms with Gasteiger partial charge in [0.15, 0.2) is 17.6 Å². The summed E-state index contributed by atoms with van der Waals surface area (Å²) in [6.45, 7) is 8.35. The quantitative estimate of drug-likeness (QED) is 0.412. The molecule has 0 aliphatic heterocycles. The van der Waals surface area contributed by atoms with Crippen LogP contribution in [0, 0.1) is 6.92 Å². The van der Waals surface area contributed by atoms with E-state index < -0.39 is 41.5 Å². The van der Waals surface area contributed by atoms with Crippen LogP contribution in [0.25, 0.3) is 0 Å². The molecule has 1 unspecified atom stereocenters. The van der Waals surface area contributed by atoms with E-state index in [0.29, 0.717) is 18.4 Å². The molecule has 0 amide bonds. The van der Waals surface area contributed by atoms with Crippen molar-refractivity contribution >= 4 is 11.9 Å². The van der Waals surface area contributed by atoms with Crippen LogP contribution in [0.2, 0.25) is 0 Å². The number of carboxylic acids is 1. The first-order valence-electron chi connectivity index (χ1n) is 10.9. The van der Waals surface area contributed by atoms with Gasteiger partial charge >= 0.3 is 18.3 Å². The van der Waals surface area contributed by atoms with Gasteiger partial charge in [-0.1, -0.05) is 31.5 Å². The highest BCUT2D eigenvalue weighted by Crippen LogP contribution is 2.38. The molecule has 7 nitrogen and oxygen atoms in total. The number of rotatable bonds is 8. The highest BCUT2D eigenvalue weighted by Gasteiger charge is 2.33. The highest BCUT2D eigenvalue weighted by atomic mass is 19.4. The van der Waals surface area contributed by atoms with Crippen LogP contribution in [-0.4, -0.2) is 40.2 Å². The Morgan fingerprint density at radius 3 is 2.03 bits per heavy atom. The molecule has 0 heterocycles. The van der Waals surface area contributed by atoms with Crippen LogP contribution >= 0.6 is 0 Å². The van der Waals surface area contributed by atoms with Crippen LogP contribution < -0.4 is 9.47 Å². The summed E-state index contributed by atoms with van der Waals surface area (Å²) < 4.78 is 51.8. The van der Waals surface area contributed by atoms with Crippen LogP contribution in [0.3, 0.4) is 0 Å². The van der Waals surface area contributed by atoms with E-state index in [4.69, 9.17) is 14.6 Å². The second kappa shape index (κ2) is 12.9. The zero-order valence-electron chi connectivity index (χ0n) is 20.3. The monoisotopic (exact) mass is 500 g/mol. The third-order valence-electron chi connectivity index (χ3n) is 4.35. The molecule has 1 atom stereocenters. The third kappa shape index (κ3) is 11.0. The zero-order valence-corrected chi connectivity index (χ0v) is 20.3. The van der Waals surface area contributed by atoms with Crippen molar-refractivity contribution < 1.29 is 47.2 Å². The normalized spacial score (nSPS) is 12.1. The Morgan fingerprint density at radius 2 is 1.57 bits per heavy atom. The minimum atomic E-state index is -4.88. The topological polar surface area (TPSA) is 102 Å². The molecule has 0 aromatic heterocycles. The second-order valence-electron chi connectivity index (χ2n) is 8.54. The van der Waals surface area contributed by atoms with Crippen molar-refractivity contribution in [1.29, 1.82) is 0 Å². The van der Waals surface area contributed by atoms with E-state index in [1.54, 1.807) is 51.1 Å². The van der Waals surface area contributed by atoms with Gasteiger partial charge in [0.25, 0.3) is 0 Å². The number of hydrogen-bond donors (Lipinski definition) is 2. The number of aromatic carboxylic acids is 1. The van der Waals surface area contributed by atoms with Gasteiger partial charge in [-0.05, 0) is 64.8 Å². The van der Waals surface area contributed by atoms with Crippen molar-refractivity contribution in [2.24, 2.45) is 0 Å². The molecule has 10 heteroatoms. The first kappa shape index (κ1) is 29.6. The number of phenols is 1. The molecule has 2 rings (SSSR count). The van der Waals surface area contributed by atoms with Gasteiger partial charge in [-0.3, -0.25) is 0 Å². The molecule has 2 aromatic carbocycles. The van der Waals surface area contributed by atoms with Crippen molar-refractivity contribution in [1.82, 2.24) is 0 Å². The smallest absolute Gasteiger partial charge is 0.504 e. The number of alkyl halides is 3. The van der Waals surface area contributed by atoms with Crippen LogP contribution in [0.15, 0.2) is 42.5 Å². The molecule has 0 saturated carbocycles. The van der Waals surface area contributed by atoms with Gasteiger partial charge in [-0.25, -0.2) is 9.59 Å². The summed E-state index contributed by atoms with van der Waals surface area (Å²) in [5.74, 6) is -2.64. The lowest BCUT2D eigenvalue weighted by molar-refractivity contribution is -0.274. The number of aromatic hydroxyl groups is 1. The van der Waals surface area contributed by atoms with Gasteiger partial charge in [-0.2, -0.15) is 0 Å². The predicted molar refractivity (Wildman–Crippen MR) is 123 cm³/mol. The maximum absolute atomic E-state index is 12.4. The van der Waals surface area contributed by atoms with Gasteiger partial charge < -0.3 is 24.4 Å². The number of ether oxygens (including phenoxy) is 3. The van der Waals surface area contributed by atoms with E-state index >= 15 is 0 Å². The van der Waals surface area contributed by atoms with Crippen LogP contribution in [0.1, 0.15) is 62.9 Å². The summed E-state index contributed by atoms with van der Waals surface area (Å²) in [5, 5.41) is 18.5. The summed E-state index contributed by atoms with van der Waals surface area (Å²) in [5.41, 5.74) is -0.524. The van der Waals surface area contributed by atoms with E-state index in [1.807, 2.05) is 6.92 Å². The summed E-state index contributed by atoms with van der Waals surface area (Å²) >= 11 is 0. The number of carboxylic acid groups (broad SMARTS) is 1. The molecular formula is C25H31F3O7. The maximum Gasteiger partial charge on any atom is 0.573 e. The first-order valence-corrected chi connectivity index (χ1v) is 10.9. The van der Waals surface area contributed by atoms with E-state index in [1.165, 1.54) is 6.92 Å². The van der Waals surface area contributed by atoms with Gasteiger partial charge in [0.1, 0.15) is 11.4 Å². The number of esters is 1. The fourth-order valence-corrected chi connectivity index (χ4v) is 2.70. The molecule has 194 valence electrons. The summed E-state index contributed by atoms with van der Waals surface area (Å²) in [6, 6.07) is 10.5. The van der Waals surface area contributed by atoms with Crippen LogP contribution in [0.5, 0.6) is 17.2 Å². The lowest BCUT2D eigenvalue weighted by Gasteiger charge is -2.25. The molecule has 0 fully saturated rings. The van der Waals surface area contributed by atoms with E-state index in [9.17, 15) is 27.9 Å². The Bertz CT molecular complexity index is 968. The SMILES string of the molecule is CCCCC(Oc1ccc(OC(F)(F)F)c(C)c1O)C(=O)OC(C)(C)C.O=C(O)c1ccccc1. The van der Waals surface area contributed by atoms with Crippen molar-refractivity contribution in [3.05, 3.63) is 53.6 Å². The van der Waals surface area contributed by atoms with Gasteiger partial charge in [0.2, 0.25) is 0 Å². The number of carbonyl (C=O) groups is 2. The molecule has 0 radical (unpaired) electrons. The van der Waals surface area contributed by atoms with E-state index in [-0.39, 0.29) is 11.3 Å². The van der Waals surface area contributed by atoms with Crippen LogP contribution in [0.4, 0.5) is 13.2 Å². The van der Waals surface area contributed by atoms with Crippen molar-refractivity contribution in [3.8, 4) is 17.2 Å². The maximum atomic E-state index is 12.4. The number of hydrogen-bond acceptors (Lipinski definition) is 6. The fraction of sp³-hybridized carbons (Fsp3) is 0.440. The average molecular weight is 501 g/mol. The minimum Gasteiger partial charge on any atom is -0.504 e. The third-order valence-corrected chi connectivity index (χ3v) is 4.35. The summed E-state index contributed by atoms with van der Waals surface area (Å²) in [7, 11) is 0. The second-order valence-corrected chi connectivity index (χ2v) is 8.54. The molecule has 2 N–H and O–H groups in total. The number of carbonyl (C=O) groups excluding carboxylic acids is 1. The fourth-order valence-electron chi connectivity index (χ4n) is 2.70. The molecule has 2 aromatic rings. The molecule has 0 saturated heterocycles. The van der Waals surface area contributed by atoms with Crippen LogP contribution in [-0.2, 0) is 9.53 Å². The minimum absolute atomic E-state index is 0.107. The Labute approximate surface area is 202 Å². The van der Waals surface area contributed by atoms with Gasteiger partial charge in [-0.15, -0.1) is 13.2 Å². The Kier molecular flexibility index (Phi) is 10.9. The van der Waals surface area contributed by atoms with Crippen molar-refractivity contribution in [2.45, 2.75) is 71.9 Å². The number of benzene rings is 2. The molecule has 0 aliphatic carbocycles. The van der Waals surface area contributed by atoms with Gasteiger partial charge in [0, 0.05) is 5.56 Å². The summed E-state index contributed by atoms with van der Waals surface area (Å²) in [6.07, 6.45) is -4.01. The Balaban J connectivity index is 0.000000566. The molecular weight excluding hydrogens is 469 g/mol. The molecule has 35 heavy (non-hydrogen) atoms. The van der Waals surface area contributed by atoms with E-state index in [2.05, 4.69) is 4.74 Å². The lowest BCUT2D eigenvalue weighted by atomic mass is 10.1.